The van der Waals surface area contributed by atoms with Crippen LogP contribution in [0.4, 0.5) is 0 Å². The Hall–Kier alpha value is -0.610. The van der Waals surface area contributed by atoms with Crippen molar-refractivity contribution in [2.24, 2.45) is 11.7 Å². The van der Waals surface area contributed by atoms with E-state index in [1.165, 1.54) is 38.5 Å². The minimum Gasteiger partial charge on any atom is -0.338 e. The van der Waals surface area contributed by atoms with E-state index in [9.17, 15) is 4.79 Å². The molecule has 1 aliphatic heterocycles. The molecule has 2 aliphatic rings. The van der Waals surface area contributed by atoms with Gasteiger partial charge in [-0.2, -0.15) is 0 Å². The predicted octanol–water partition coefficient (Wildman–Crippen LogP) is 1.45. The van der Waals surface area contributed by atoms with Crippen molar-refractivity contribution in [1.82, 2.24) is 9.80 Å². The fourth-order valence-corrected chi connectivity index (χ4v) is 3.70. The van der Waals surface area contributed by atoms with Crippen LogP contribution in [0.2, 0.25) is 0 Å². The SMILES string of the molecule is CN(CCCN)CC(=O)N1CCCC2CCCCC21. The summed E-state index contributed by atoms with van der Waals surface area (Å²) < 4.78 is 0. The number of fused-ring (bicyclic) bond motifs is 1. The lowest BCUT2D eigenvalue weighted by Gasteiger charge is -2.44. The predicted molar refractivity (Wildman–Crippen MR) is 77.9 cm³/mol. The number of nitrogens with two attached hydrogens (primary N) is 1. The van der Waals surface area contributed by atoms with E-state index in [-0.39, 0.29) is 0 Å². The standard InChI is InChI=1S/C15H29N3O/c1-17(10-5-9-16)12-15(19)18-11-4-7-13-6-2-3-8-14(13)18/h13-14H,2-12,16H2,1H3. The molecule has 0 radical (unpaired) electrons. The van der Waals surface area contributed by atoms with Crippen LogP contribution in [0.3, 0.4) is 0 Å². The summed E-state index contributed by atoms with van der Waals surface area (Å²) in [6.45, 7) is 3.16. The van der Waals surface area contributed by atoms with Crippen LogP contribution in [0.15, 0.2) is 0 Å². The van der Waals surface area contributed by atoms with Crippen molar-refractivity contribution in [3.8, 4) is 0 Å². The maximum atomic E-state index is 12.5. The van der Waals surface area contributed by atoms with Crippen LogP contribution < -0.4 is 5.73 Å². The molecular weight excluding hydrogens is 238 g/mol. The molecule has 2 N–H and O–H groups in total. The Morgan fingerprint density at radius 3 is 2.79 bits per heavy atom. The summed E-state index contributed by atoms with van der Waals surface area (Å²) in [5.41, 5.74) is 5.52. The van der Waals surface area contributed by atoms with Crippen LogP contribution in [-0.2, 0) is 4.79 Å². The largest absolute Gasteiger partial charge is 0.338 e. The van der Waals surface area contributed by atoms with Gasteiger partial charge in [-0.05, 0) is 58.2 Å². The Labute approximate surface area is 117 Å². The summed E-state index contributed by atoms with van der Waals surface area (Å²) in [6.07, 6.45) is 8.71. The zero-order valence-electron chi connectivity index (χ0n) is 12.3. The fourth-order valence-electron chi connectivity index (χ4n) is 3.70. The van der Waals surface area contributed by atoms with E-state index in [4.69, 9.17) is 5.73 Å². The zero-order chi connectivity index (χ0) is 13.7. The molecule has 0 spiro atoms. The van der Waals surface area contributed by atoms with Crippen molar-refractivity contribution < 1.29 is 4.79 Å². The number of nitrogens with zero attached hydrogens (tertiary/aromatic N) is 2. The van der Waals surface area contributed by atoms with E-state index < -0.39 is 0 Å². The van der Waals surface area contributed by atoms with E-state index in [1.54, 1.807) is 0 Å². The highest BCUT2D eigenvalue weighted by atomic mass is 16.2. The van der Waals surface area contributed by atoms with Crippen molar-refractivity contribution in [3.05, 3.63) is 0 Å². The highest BCUT2D eigenvalue weighted by Gasteiger charge is 2.35. The van der Waals surface area contributed by atoms with Gasteiger partial charge in [-0.3, -0.25) is 9.69 Å². The molecule has 2 unspecified atom stereocenters. The smallest absolute Gasteiger partial charge is 0.236 e. The van der Waals surface area contributed by atoms with Crippen LogP contribution in [-0.4, -0.2) is 55.0 Å². The van der Waals surface area contributed by atoms with Crippen molar-refractivity contribution >= 4 is 5.91 Å². The van der Waals surface area contributed by atoms with Crippen molar-refractivity contribution in [3.63, 3.8) is 0 Å². The lowest BCUT2D eigenvalue weighted by atomic mass is 9.78. The molecular formula is C15H29N3O. The summed E-state index contributed by atoms with van der Waals surface area (Å²) in [5, 5.41) is 0. The first-order valence-electron chi connectivity index (χ1n) is 7.90. The monoisotopic (exact) mass is 267 g/mol. The molecule has 19 heavy (non-hydrogen) atoms. The number of likely N-dealkylation sites (N-methyl/N-ethyl adjacent to an activating group) is 1. The van der Waals surface area contributed by atoms with Crippen LogP contribution in [0.1, 0.15) is 44.9 Å². The molecule has 0 aromatic heterocycles. The van der Waals surface area contributed by atoms with Gasteiger partial charge in [-0.15, -0.1) is 0 Å². The molecule has 1 heterocycles. The Bertz CT molecular complexity index is 293. The molecule has 0 bridgehead atoms. The quantitative estimate of drug-likeness (QED) is 0.820. The third-order valence-electron chi connectivity index (χ3n) is 4.71. The van der Waals surface area contributed by atoms with E-state index in [1.807, 2.05) is 7.05 Å². The molecule has 0 aromatic carbocycles. The Morgan fingerprint density at radius 1 is 1.26 bits per heavy atom. The molecule has 4 nitrogen and oxygen atoms in total. The second kappa shape index (κ2) is 7.25. The van der Waals surface area contributed by atoms with Gasteiger partial charge in [0.15, 0.2) is 0 Å². The third-order valence-corrected chi connectivity index (χ3v) is 4.71. The summed E-state index contributed by atoms with van der Waals surface area (Å²) in [4.78, 5) is 16.8. The van der Waals surface area contributed by atoms with Gasteiger partial charge in [0.25, 0.3) is 0 Å². The highest BCUT2D eigenvalue weighted by molar-refractivity contribution is 5.78. The average Bonchev–Trinajstić information content (AvgIpc) is 2.44. The van der Waals surface area contributed by atoms with Crippen LogP contribution >= 0.6 is 0 Å². The van der Waals surface area contributed by atoms with Gasteiger partial charge >= 0.3 is 0 Å². The molecule has 1 saturated carbocycles. The van der Waals surface area contributed by atoms with E-state index in [0.717, 1.165) is 25.4 Å². The first-order valence-corrected chi connectivity index (χ1v) is 7.90. The first-order chi connectivity index (χ1) is 9.22. The normalized spacial score (nSPS) is 27.4. The number of carbonyl (C=O) groups excluding carboxylic acids is 1. The second-order valence-corrected chi connectivity index (χ2v) is 6.22. The first kappa shape index (κ1) is 14.8. The number of piperidine rings is 1. The van der Waals surface area contributed by atoms with Gasteiger partial charge in [0.2, 0.25) is 5.91 Å². The molecule has 1 amide bonds. The van der Waals surface area contributed by atoms with Gasteiger partial charge < -0.3 is 10.6 Å². The van der Waals surface area contributed by atoms with E-state index in [0.29, 0.717) is 25.0 Å². The Morgan fingerprint density at radius 2 is 2.00 bits per heavy atom. The fraction of sp³-hybridized carbons (Fsp3) is 0.933. The van der Waals surface area contributed by atoms with Crippen LogP contribution in [0, 0.1) is 5.92 Å². The molecule has 110 valence electrons. The molecule has 4 heteroatoms. The minimum atomic E-state index is 0.330. The minimum absolute atomic E-state index is 0.330. The lowest BCUT2D eigenvalue weighted by molar-refractivity contribution is -0.138. The second-order valence-electron chi connectivity index (χ2n) is 6.22. The Balaban J connectivity index is 1.86. The van der Waals surface area contributed by atoms with Crippen LogP contribution in [0.25, 0.3) is 0 Å². The van der Waals surface area contributed by atoms with Gasteiger partial charge in [-0.25, -0.2) is 0 Å². The topological polar surface area (TPSA) is 49.6 Å². The van der Waals surface area contributed by atoms with Crippen molar-refractivity contribution in [1.29, 1.82) is 0 Å². The molecule has 1 aliphatic carbocycles. The van der Waals surface area contributed by atoms with E-state index >= 15 is 0 Å². The molecule has 0 aromatic rings. The van der Waals surface area contributed by atoms with E-state index in [2.05, 4.69) is 9.80 Å². The summed E-state index contributed by atoms with van der Waals surface area (Å²) >= 11 is 0. The summed E-state index contributed by atoms with van der Waals surface area (Å²) in [7, 11) is 2.02. The van der Waals surface area contributed by atoms with Crippen LogP contribution in [0.5, 0.6) is 0 Å². The summed E-state index contributed by atoms with van der Waals surface area (Å²) in [5.74, 6) is 1.11. The Kier molecular flexibility index (Phi) is 5.64. The number of amides is 1. The number of rotatable bonds is 5. The van der Waals surface area contributed by atoms with Gasteiger partial charge in [0, 0.05) is 12.6 Å². The molecule has 1 saturated heterocycles. The molecule has 2 rings (SSSR count). The van der Waals surface area contributed by atoms with Gasteiger partial charge in [0.05, 0.1) is 6.54 Å². The third kappa shape index (κ3) is 3.93. The average molecular weight is 267 g/mol. The number of hydrogen-bond acceptors (Lipinski definition) is 3. The number of likely N-dealkylation sites (tertiary alicyclic amines) is 1. The van der Waals surface area contributed by atoms with Gasteiger partial charge in [0.1, 0.15) is 0 Å². The zero-order valence-corrected chi connectivity index (χ0v) is 12.3. The van der Waals surface area contributed by atoms with Gasteiger partial charge in [-0.1, -0.05) is 12.8 Å². The summed E-state index contributed by atoms with van der Waals surface area (Å²) in [6, 6.07) is 0.540. The maximum absolute atomic E-state index is 12.5. The maximum Gasteiger partial charge on any atom is 0.236 e. The lowest BCUT2D eigenvalue weighted by Crippen LogP contribution is -2.52. The number of hydrogen-bond donors (Lipinski definition) is 1. The number of carbonyl (C=O) groups is 1. The molecule has 2 atom stereocenters. The van der Waals surface area contributed by atoms with Crippen molar-refractivity contribution in [2.75, 3.05) is 33.2 Å². The molecule has 2 fully saturated rings. The highest BCUT2D eigenvalue weighted by Crippen LogP contribution is 2.35. The van der Waals surface area contributed by atoms with Crippen molar-refractivity contribution in [2.45, 2.75) is 51.0 Å².